The number of nitrogens with zero attached hydrogens (tertiary/aromatic N) is 1. The first-order valence-electron chi connectivity index (χ1n) is 11.9. The van der Waals surface area contributed by atoms with E-state index in [-0.39, 0.29) is 5.56 Å². The van der Waals surface area contributed by atoms with Crippen molar-refractivity contribution in [1.82, 2.24) is 10.3 Å². The van der Waals surface area contributed by atoms with Crippen molar-refractivity contribution in [3.05, 3.63) is 58.9 Å². The average molecular weight is 477 g/mol. The molecule has 0 aliphatic carbocycles. The number of benzene rings is 2. The van der Waals surface area contributed by atoms with E-state index in [0.29, 0.717) is 19.3 Å². The highest BCUT2D eigenvalue weighted by atomic mass is 32.2. The van der Waals surface area contributed by atoms with Gasteiger partial charge >= 0.3 is 0 Å². The first-order valence-corrected chi connectivity index (χ1v) is 12.7. The van der Waals surface area contributed by atoms with Crippen LogP contribution in [0.2, 0.25) is 0 Å². The minimum Gasteiger partial charge on any atom is -0.454 e. The molecular formula is C26H28N4O3S. The van der Waals surface area contributed by atoms with Crippen LogP contribution in [-0.2, 0) is 4.74 Å². The van der Waals surface area contributed by atoms with Gasteiger partial charge in [0.25, 0.3) is 0 Å². The second-order valence-corrected chi connectivity index (χ2v) is 9.99. The Hall–Kier alpha value is -2.94. The zero-order chi connectivity index (χ0) is 22.9. The van der Waals surface area contributed by atoms with Crippen molar-refractivity contribution in [2.75, 3.05) is 49.6 Å². The summed E-state index contributed by atoms with van der Waals surface area (Å²) in [7, 11) is 0. The molecule has 3 aromatic rings. The fourth-order valence-electron chi connectivity index (χ4n) is 4.79. The van der Waals surface area contributed by atoms with Gasteiger partial charge in [-0.2, -0.15) is 0 Å². The van der Waals surface area contributed by atoms with Gasteiger partial charge < -0.3 is 30.0 Å². The van der Waals surface area contributed by atoms with Gasteiger partial charge in [0.05, 0.1) is 28.7 Å². The predicted molar refractivity (Wildman–Crippen MR) is 136 cm³/mol. The van der Waals surface area contributed by atoms with Crippen molar-refractivity contribution in [2.45, 2.75) is 28.7 Å². The highest BCUT2D eigenvalue weighted by molar-refractivity contribution is 7.99. The summed E-state index contributed by atoms with van der Waals surface area (Å²) in [6.07, 6.45) is 2.38. The number of H-pyrrole nitrogens is 1. The summed E-state index contributed by atoms with van der Waals surface area (Å²) in [5.74, 6) is 1.62. The van der Waals surface area contributed by atoms with E-state index in [1.165, 1.54) is 12.8 Å². The number of morpholine rings is 1. The molecule has 3 N–H and O–H groups in total. The molecule has 0 saturated carbocycles. The average Bonchev–Trinajstić information content (AvgIpc) is 2.88. The number of para-hydroxylation sites is 1. The number of nitrogens with one attached hydrogen (secondary N) is 3. The van der Waals surface area contributed by atoms with Crippen LogP contribution in [0.5, 0.6) is 11.5 Å². The monoisotopic (exact) mass is 476 g/mol. The number of aromatic amines is 1. The number of rotatable bonds is 4. The summed E-state index contributed by atoms with van der Waals surface area (Å²) in [4.78, 5) is 19.9. The van der Waals surface area contributed by atoms with Gasteiger partial charge in [-0.1, -0.05) is 17.8 Å². The summed E-state index contributed by atoms with van der Waals surface area (Å²) in [5, 5.41) is 7.11. The molecule has 1 unspecified atom stereocenters. The molecule has 1 atom stereocenters. The number of hydrogen-bond acceptors (Lipinski definition) is 7. The van der Waals surface area contributed by atoms with Crippen LogP contribution in [-0.4, -0.2) is 50.4 Å². The molecule has 7 nitrogen and oxygen atoms in total. The van der Waals surface area contributed by atoms with Crippen molar-refractivity contribution in [3.63, 3.8) is 0 Å². The molecular weight excluding hydrogens is 448 g/mol. The van der Waals surface area contributed by atoms with Crippen LogP contribution in [0.4, 0.5) is 11.4 Å². The Bertz CT molecular complexity index is 1250. The fraction of sp³-hybridized carbons (Fsp3) is 0.346. The minimum absolute atomic E-state index is 0.117. The summed E-state index contributed by atoms with van der Waals surface area (Å²) >= 11 is 1.70. The highest BCUT2D eigenvalue weighted by Crippen LogP contribution is 2.51. The van der Waals surface area contributed by atoms with Crippen molar-refractivity contribution >= 4 is 23.1 Å². The maximum Gasteiger partial charge on any atom is 0.250 e. The third kappa shape index (κ3) is 4.41. The van der Waals surface area contributed by atoms with Crippen molar-refractivity contribution in [3.8, 4) is 22.8 Å². The van der Waals surface area contributed by atoms with Crippen molar-refractivity contribution in [1.29, 1.82) is 0 Å². The molecule has 34 heavy (non-hydrogen) atoms. The zero-order valence-electron chi connectivity index (χ0n) is 18.9. The van der Waals surface area contributed by atoms with Gasteiger partial charge in [-0.25, -0.2) is 0 Å². The molecule has 2 aromatic carbocycles. The molecule has 0 radical (unpaired) electrons. The molecule has 0 bridgehead atoms. The van der Waals surface area contributed by atoms with E-state index in [0.717, 1.165) is 70.1 Å². The SMILES string of the molecule is O=c1cc(N2CCOCC2)cc(-c2cccc3c2Oc2ccc(NC4CCCNC4)cc2S3)[nH]1. The minimum atomic E-state index is -0.117. The lowest BCUT2D eigenvalue weighted by Gasteiger charge is -2.29. The van der Waals surface area contributed by atoms with Gasteiger partial charge in [-0.3, -0.25) is 4.79 Å². The van der Waals surface area contributed by atoms with E-state index in [1.807, 2.05) is 24.3 Å². The van der Waals surface area contributed by atoms with Gasteiger partial charge in [0.15, 0.2) is 5.75 Å². The predicted octanol–water partition coefficient (Wildman–Crippen LogP) is 4.30. The number of fused-ring (bicyclic) bond motifs is 2. The molecule has 4 heterocycles. The van der Waals surface area contributed by atoms with E-state index in [1.54, 1.807) is 17.8 Å². The van der Waals surface area contributed by atoms with E-state index >= 15 is 0 Å². The maximum atomic E-state index is 12.5. The zero-order valence-corrected chi connectivity index (χ0v) is 19.7. The Morgan fingerprint density at radius 3 is 2.82 bits per heavy atom. The number of ether oxygens (including phenoxy) is 2. The van der Waals surface area contributed by atoms with E-state index < -0.39 is 0 Å². The normalized spacial score (nSPS) is 19.6. The molecule has 3 aliphatic heterocycles. The van der Waals surface area contributed by atoms with E-state index in [4.69, 9.17) is 9.47 Å². The van der Waals surface area contributed by atoms with Crippen LogP contribution in [0, 0.1) is 0 Å². The van der Waals surface area contributed by atoms with Crippen LogP contribution >= 0.6 is 11.8 Å². The molecule has 8 heteroatoms. The Kier molecular flexibility index (Phi) is 5.95. The van der Waals surface area contributed by atoms with Gasteiger partial charge in [0, 0.05) is 48.7 Å². The van der Waals surface area contributed by atoms with Crippen LogP contribution in [0.1, 0.15) is 12.8 Å². The van der Waals surface area contributed by atoms with E-state index in [2.05, 4.69) is 38.7 Å². The fourth-order valence-corrected chi connectivity index (χ4v) is 5.82. The summed E-state index contributed by atoms with van der Waals surface area (Å²) in [6.45, 7) is 5.01. The molecule has 2 fully saturated rings. The molecule has 176 valence electrons. The van der Waals surface area contributed by atoms with Crippen LogP contribution in [0.15, 0.2) is 63.1 Å². The molecule has 3 aliphatic rings. The smallest absolute Gasteiger partial charge is 0.250 e. The van der Waals surface area contributed by atoms with Crippen LogP contribution in [0.25, 0.3) is 11.3 Å². The van der Waals surface area contributed by atoms with Crippen molar-refractivity contribution < 1.29 is 9.47 Å². The van der Waals surface area contributed by atoms with Crippen LogP contribution < -0.4 is 25.8 Å². The standard InChI is InChI=1S/C26H28N4O3S/c31-25-15-19(30-9-11-32-12-10-30)14-21(29-25)20-4-1-5-23-26(20)33-22-7-6-17(13-24(22)34-23)28-18-3-2-8-27-16-18/h1,4-7,13-15,18,27-28H,2-3,8-12,16H2,(H,29,31). The molecule has 6 rings (SSSR count). The van der Waals surface area contributed by atoms with Gasteiger partial charge in [0.2, 0.25) is 5.56 Å². The summed E-state index contributed by atoms with van der Waals surface area (Å²) in [6, 6.07) is 16.5. The highest BCUT2D eigenvalue weighted by Gasteiger charge is 2.23. The lowest BCUT2D eigenvalue weighted by Crippen LogP contribution is -2.38. The Labute approximate surface area is 202 Å². The number of pyridine rings is 1. The number of piperidine rings is 1. The second-order valence-electron chi connectivity index (χ2n) is 8.90. The molecule has 0 amide bonds. The summed E-state index contributed by atoms with van der Waals surface area (Å²) in [5.41, 5.74) is 3.56. The third-order valence-corrected chi connectivity index (χ3v) is 7.60. The Morgan fingerprint density at radius 1 is 1.06 bits per heavy atom. The lowest BCUT2D eigenvalue weighted by atomic mass is 10.1. The van der Waals surface area contributed by atoms with Gasteiger partial charge in [-0.15, -0.1) is 0 Å². The maximum absolute atomic E-state index is 12.5. The van der Waals surface area contributed by atoms with Gasteiger partial charge in [0.1, 0.15) is 5.75 Å². The number of hydrogen-bond donors (Lipinski definition) is 3. The Balaban J connectivity index is 1.29. The third-order valence-electron chi connectivity index (χ3n) is 6.52. The van der Waals surface area contributed by atoms with Crippen molar-refractivity contribution in [2.24, 2.45) is 0 Å². The molecule has 0 spiro atoms. The second kappa shape index (κ2) is 9.37. The summed E-state index contributed by atoms with van der Waals surface area (Å²) < 4.78 is 11.9. The first kappa shape index (κ1) is 21.6. The van der Waals surface area contributed by atoms with Gasteiger partial charge in [-0.05, 0) is 55.8 Å². The molecule has 1 aromatic heterocycles. The molecule has 2 saturated heterocycles. The van der Waals surface area contributed by atoms with Crippen LogP contribution in [0.3, 0.4) is 0 Å². The largest absolute Gasteiger partial charge is 0.454 e. The topological polar surface area (TPSA) is 78.6 Å². The quantitative estimate of drug-likeness (QED) is 0.405. The number of anilines is 2. The van der Waals surface area contributed by atoms with E-state index in [9.17, 15) is 4.79 Å². The first-order chi connectivity index (χ1) is 16.7. The number of aromatic nitrogens is 1. The lowest BCUT2D eigenvalue weighted by molar-refractivity contribution is 0.122. The Morgan fingerprint density at radius 2 is 1.97 bits per heavy atom.